The normalized spacial score (nSPS) is 21.5. The van der Waals surface area contributed by atoms with Crippen molar-refractivity contribution >= 4 is 15.9 Å². The summed E-state index contributed by atoms with van der Waals surface area (Å²) in [4.78, 5) is 2.41. The third-order valence-electron chi connectivity index (χ3n) is 3.20. The molecule has 2 nitrogen and oxygen atoms in total. The van der Waals surface area contributed by atoms with Crippen molar-refractivity contribution in [3.8, 4) is 0 Å². The molecule has 1 atom stereocenters. The van der Waals surface area contributed by atoms with E-state index >= 15 is 0 Å². The van der Waals surface area contributed by atoms with Gasteiger partial charge in [0.1, 0.15) is 0 Å². The Morgan fingerprint density at radius 1 is 1.44 bits per heavy atom. The van der Waals surface area contributed by atoms with E-state index in [0.29, 0.717) is 0 Å². The Morgan fingerprint density at radius 3 is 2.94 bits per heavy atom. The van der Waals surface area contributed by atoms with Crippen LogP contribution in [0.1, 0.15) is 12.0 Å². The molecule has 1 fully saturated rings. The summed E-state index contributed by atoms with van der Waals surface area (Å²) in [6.45, 7) is 4.58. The number of nitrogens with zero attached hydrogens (tertiary/aromatic N) is 1. The smallest absolute Gasteiger partial charge is 0.0220 e. The van der Waals surface area contributed by atoms with E-state index in [-0.39, 0.29) is 0 Å². The molecule has 16 heavy (non-hydrogen) atoms. The molecule has 2 rings (SSSR count). The predicted octanol–water partition coefficient (Wildman–Crippen LogP) is 2.49. The van der Waals surface area contributed by atoms with Crippen LogP contribution in [-0.4, -0.2) is 31.6 Å². The van der Waals surface area contributed by atoms with E-state index in [1.807, 2.05) is 0 Å². The van der Waals surface area contributed by atoms with Crippen molar-refractivity contribution in [2.75, 3.05) is 26.7 Å². The molecule has 1 aliphatic rings. The van der Waals surface area contributed by atoms with Gasteiger partial charge in [0.2, 0.25) is 0 Å². The second-order valence-corrected chi connectivity index (χ2v) is 5.49. The van der Waals surface area contributed by atoms with Gasteiger partial charge in [-0.25, -0.2) is 0 Å². The molecule has 1 aromatic carbocycles. The fourth-order valence-corrected chi connectivity index (χ4v) is 2.67. The number of hydrogen-bond donors (Lipinski definition) is 1. The predicted molar refractivity (Wildman–Crippen MR) is 71.5 cm³/mol. The van der Waals surface area contributed by atoms with Crippen molar-refractivity contribution in [2.45, 2.75) is 13.0 Å². The lowest BCUT2D eigenvalue weighted by atomic mass is 10.1. The minimum atomic E-state index is 0.826. The SMILES string of the molecule is CN1CCC(CNCc2ccccc2Br)C1. The van der Waals surface area contributed by atoms with Crippen molar-refractivity contribution < 1.29 is 0 Å². The molecule has 1 aromatic rings. The van der Waals surface area contributed by atoms with Crippen LogP contribution in [0, 0.1) is 5.92 Å². The summed E-state index contributed by atoms with van der Waals surface area (Å²) in [6, 6.07) is 8.41. The number of nitrogens with one attached hydrogen (secondary N) is 1. The highest BCUT2D eigenvalue weighted by Crippen LogP contribution is 2.16. The van der Waals surface area contributed by atoms with Crippen molar-refractivity contribution in [2.24, 2.45) is 5.92 Å². The van der Waals surface area contributed by atoms with Crippen molar-refractivity contribution in [1.82, 2.24) is 10.2 Å². The van der Waals surface area contributed by atoms with Crippen LogP contribution in [-0.2, 0) is 6.54 Å². The number of hydrogen-bond acceptors (Lipinski definition) is 2. The van der Waals surface area contributed by atoms with Gasteiger partial charge in [0, 0.05) is 17.6 Å². The number of likely N-dealkylation sites (tertiary alicyclic amines) is 1. The number of benzene rings is 1. The maximum atomic E-state index is 3.57. The summed E-state index contributed by atoms with van der Waals surface area (Å²) < 4.78 is 1.20. The van der Waals surface area contributed by atoms with Crippen molar-refractivity contribution in [3.05, 3.63) is 34.3 Å². The largest absolute Gasteiger partial charge is 0.312 e. The summed E-state index contributed by atoms with van der Waals surface area (Å²) in [7, 11) is 2.20. The molecule has 3 heteroatoms. The second-order valence-electron chi connectivity index (χ2n) is 4.64. The Kier molecular flexibility index (Phi) is 4.38. The Labute approximate surface area is 106 Å². The van der Waals surface area contributed by atoms with Gasteiger partial charge in [0.25, 0.3) is 0 Å². The van der Waals surface area contributed by atoms with Gasteiger partial charge in [0.05, 0.1) is 0 Å². The van der Waals surface area contributed by atoms with Crippen LogP contribution < -0.4 is 5.32 Å². The van der Waals surface area contributed by atoms with Gasteiger partial charge in [-0.15, -0.1) is 0 Å². The molecule has 88 valence electrons. The van der Waals surface area contributed by atoms with Crippen LogP contribution >= 0.6 is 15.9 Å². The minimum Gasteiger partial charge on any atom is -0.312 e. The minimum absolute atomic E-state index is 0.826. The standard InChI is InChI=1S/C13H19BrN2/c1-16-7-6-11(10-16)8-15-9-12-4-2-3-5-13(12)14/h2-5,11,15H,6-10H2,1H3. The van der Waals surface area contributed by atoms with Crippen molar-refractivity contribution in [1.29, 1.82) is 0 Å². The third-order valence-corrected chi connectivity index (χ3v) is 3.97. The Morgan fingerprint density at radius 2 is 2.25 bits per heavy atom. The Balaban J connectivity index is 1.74. The first kappa shape index (κ1) is 12.1. The fraction of sp³-hybridized carbons (Fsp3) is 0.538. The van der Waals surface area contributed by atoms with Crippen LogP contribution in [0.3, 0.4) is 0 Å². The number of halogens is 1. The molecule has 0 saturated carbocycles. The van der Waals surface area contributed by atoms with Crippen LogP contribution in [0.25, 0.3) is 0 Å². The van der Waals surface area contributed by atoms with E-state index < -0.39 is 0 Å². The van der Waals surface area contributed by atoms with Crippen LogP contribution in [0.5, 0.6) is 0 Å². The topological polar surface area (TPSA) is 15.3 Å². The Bertz CT molecular complexity index is 340. The molecule has 1 saturated heterocycles. The zero-order valence-corrected chi connectivity index (χ0v) is 11.3. The lowest BCUT2D eigenvalue weighted by Crippen LogP contribution is -2.24. The van der Waals surface area contributed by atoms with Gasteiger partial charge in [0.15, 0.2) is 0 Å². The summed E-state index contributed by atoms with van der Waals surface area (Å²) in [5.74, 6) is 0.826. The molecule has 0 spiro atoms. The molecular formula is C13H19BrN2. The summed E-state index contributed by atoms with van der Waals surface area (Å²) in [6.07, 6.45) is 1.33. The Hall–Kier alpha value is -0.380. The quantitative estimate of drug-likeness (QED) is 0.913. The summed E-state index contributed by atoms with van der Waals surface area (Å²) in [5.41, 5.74) is 1.34. The summed E-state index contributed by atoms with van der Waals surface area (Å²) >= 11 is 3.57. The molecule has 1 unspecified atom stereocenters. The van der Waals surface area contributed by atoms with Gasteiger partial charge in [-0.05, 0) is 44.1 Å². The van der Waals surface area contributed by atoms with Gasteiger partial charge >= 0.3 is 0 Å². The van der Waals surface area contributed by atoms with Crippen molar-refractivity contribution in [3.63, 3.8) is 0 Å². The maximum absolute atomic E-state index is 3.57. The van der Waals surface area contributed by atoms with Crippen LogP contribution in [0.15, 0.2) is 28.7 Å². The second kappa shape index (κ2) is 5.80. The molecule has 0 amide bonds. The van der Waals surface area contributed by atoms with E-state index in [9.17, 15) is 0 Å². The lowest BCUT2D eigenvalue weighted by molar-refractivity contribution is 0.388. The fourth-order valence-electron chi connectivity index (χ4n) is 2.25. The molecule has 0 bridgehead atoms. The van der Waals surface area contributed by atoms with Gasteiger partial charge in [-0.1, -0.05) is 34.1 Å². The van der Waals surface area contributed by atoms with E-state index in [2.05, 4.69) is 57.5 Å². The molecule has 0 radical (unpaired) electrons. The van der Waals surface area contributed by atoms with Gasteiger partial charge < -0.3 is 10.2 Å². The summed E-state index contributed by atoms with van der Waals surface area (Å²) in [5, 5.41) is 3.55. The van der Waals surface area contributed by atoms with E-state index in [0.717, 1.165) is 19.0 Å². The lowest BCUT2D eigenvalue weighted by Gasteiger charge is -2.12. The van der Waals surface area contributed by atoms with Gasteiger partial charge in [-0.2, -0.15) is 0 Å². The average Bonchev–Trinajstić information content (AvgIpc) is 2.67. The van der Waals surface area contributed by atoms with E-state index in [1.54, 1.807) is 0 Å². The zero-order chi connectivity index (χ0) is 11.4. The zero-order valence-electron chi connectivity index (χ0n) is 9.75. The maximum Gasteiger partial charge on any atom is 0.0220 e. The highest BCUT2D eigenvalue weighted by molar-refractivity contribution is 9.10. The first-order valence-corrected chi connectivity index (χ1v) is 6.67. The molecular weight excluding hydrogens is 264 g/mol. The highest BCUT2D eigenvalue weighted by Gasteiger charge is 2.18. The third kappa shape index (κ3) is 3.30. The first-order chi connectivity index (χ1) is 7.75. The van der Waals surface area contributed by atoms with Crippen LogP contribution in [0.2, 0.25) is 0 Å². The highest BCUT2D eigenvalue weighted by atomic mass is 79.9. The molecule has 0 aliphatic carbocycles. The van der Waals surface area contributed by atoms with Crippen LogP contribution in [0.4, 0.5) is 0 Å². The average molecular weight is 283 g/mol. The molecule has 1 N–H and O–H groups in total. The number of rotatable bonds is 4. The molecule has 1 aliphatic heterocycles. The monoisotopic (exact) mass is 282 g/mol. The molecule has 1 heterocycles. The van der Waals surface area contributed by atoms with E-state index in [1.165, 1.54) is 29.5 Å². The van der Waals surface area contributed by atoms with Gasteiger partial charge in [-0.3, -0.25) is 0 Å². The van der Waals surface area contributed by atoms with E-state index in [4.69, 9.17) is 0 Å². The first-order valence-electron chi connectivity index (χ1n) is 5.88. The molecule has 0 aromatic heterocycles.